The van der Waals surface area contributed by atoms with Crippen LogP contribution in [0, 0.1) is 0 Å². The van der Waals surface area contributed by atoms with Crippen molar-refractivity contribution in [2.24, 2.45) is 0 Å². The molecule has 6 nitrogen and oxygen atoms in total. The fraction of sp³-hybridized carbons (Fsp3) is 0.211. The van der Waals surface area contributed by atoms with Gasteiger partial charge in [-0.05, 0) is 48.9 Å². The van der Waals surface area contributed by atoms with Gasteiger partial charge in [-0.3, -0.25) is 14.4 Å². The first-order chi connectivity index (χ1) is 12.8. The van der Waals surface area contributed by atoms with Crippen LogP contribution in [-0.2, 0) is 9.59 Å². The van der Waals surface area contributed by atoms with Gasteiger partial charge in [-0.25, -0.2) is 0 Å². The lowest BCUT2D eigenvalue weighted by Crippen LogP contribution is -2.25. The Morgan fingerprint density at radius 1 is 0.963 bits per heavy atom. The lowest BCUT2D eigenvalue weighted by Gasteiger charge is -2.10. The first-order valence-electron chi connectivity index (χ1n) is 8.26. The molecule has 0 heterocycles. The largest absolute Gasteiger partial charge is 0.352 e. The number of amides is 3. The molecule has 8 heteroatoms. The van der Waals surface area contributed by atoms with Gasteiger partial charge in [-0.1, -0.05) is 23.2 Å². The van der Waals surface area contributed by atoms with Crippen molar-refractivity contribution < 1.29 is 14.4 Å². The Hall–Kier alpha value is -2.57. The zero-order chi connectivity index (χ0) is 19.8. The van der Waals surface area contributed by atoms with E-state index in [1.165, 1.54) is 6.92 Å². The molecule has 27 heavy (non-hydrogen) atoms. The third-order valence-electron chi connectivity index (χ3n) is 3.54. The third kappa shape index (κ3) is 6.92. The number of nitrogens with one attached hydrogen (secondary N) is 3. The molecule has 0 spiro atoms. The lowest BCUT2D eigenvalue weighted by molar-refractivity contribution is -0.116. The molecule has 0 saturated carbocycles. The summed E-state index contributed by atoms with van der Waals surface area (Å²) < 4.78 is 0. The minimum atomic E-state index is -0.219. The van der Waals surface area contributed by atoms with Crippen LogP contribution in [0.3, 0.4) is 0 Å². The van der Waals surface area contributed by atoms with Gasteiger partial charge in [0, 0.05) is 36.2 Å². The lowest BCUT2D eigenvalue weighted by atomic mass is 10.2. The minimum Gasteiger partial charge on any atom is -0.352 e. The molecule has 2 aromatic rings. The minimum absolute atomic E-state index is 0.205. The number of anilines is 2. The highest BCUT2D eigenvalue weighted by Gasteiger charge is 2.09. The second kappa shape index (κ2) is 9.94. The van der Waals surface area contributed by atoms with Gasteiger partial charge in [0.2, 0.25) is 11.8 Å². The average molecular weight is 408 g/mol. The van der Waals surface area contributed by atoms with E-state index in [4.69, 9.17) is 23.2 Å². The molecular weight excluding hydrogens is 389 g/mol. The fourth-order valence-corrected chi connectivity index (χ4v) is 2.62. The molecule has 0 radical (unpaired) electrons. The second-order valence-electron chi connectivity index (χ2n) is 5.79. The molecule has 0 aliphatic rings. The molecule has 2 aromatic carbocycles. The normalized spacial score (nSPS) is 10.2. The van der Waals surface area contributed by atoms with E-state index in [0.717, 1.165) is 0 Å². The van der Waals surface area contributed by atoms with Gasteiger partial charge in [-0.15, -0.1) is 0 Å². The zero-order valence-corrected chi connectivity index (χ0v) is 16.2. The summed E-state index contributed by atoms with van der Waals surface area (Å²) in [5, 5.41) is 8.95. The van der Waals surface area contributed by atoms with E-state index in [-0.39, 0.29) is 24.1 Å². The molecule has 0 unspecified atom stereocenters. The molecule has 0 aliphatic carbocycles. The average Bonchev–Trinajstić information content (AvgIpc) is 2.61. The van der Waals surface area contributed by atoms with Crippen molar-refractivity contribution in [2.45, 2.75) is 19.8 Å². The van der Waals surface area contributed by atoms with E-state index in [9.17, 15) is 14.4 Å². The van der Waals surface area contributed by atoms with Crippen molar-refractivity contribution in [1.29, 1.82) is 0 Å². The van der Waals surface area contributed by atoms with Crippen molar-refractivity contribution in [3.8, 4) is 0 Å². The molecule has 0 fully saturated rings. The third-order valence-corrected chi connectivity index (χ3v) is 4.10. The van der Waals surface area contributed by atoms with Gasteiger partial charge >= 0.3 is 0 Å². The molecule has 2 rings (SSSR count). The van der Waals surface area contributed by atoms with Crippen LogP contribution in [-0.4, -0.2) is 24.3 Å². The molecule has 0 atom stereocenters. The number of hydrogen-bond donors (Lipinski definition) is 3. The summed E-state index contributed by atoms with van der Waals surface area (Å²) in [6, 6.07) is 11.4. The van der Waals surface area contributed by atoms with E-state index in [0.29, 0.717) is 39.9 Å². The van der Waals surface area contributed by atoms with Gasteiger partial charge in [0.15, 0.2) is 0 Å². The van der Waals surface area contributed by atoms with Gasteiger partial charge in [0.25, 0.3) is 5.91 Å². The summed E-state index contributed by atoms with van der Waals surface area (Å²) in [6.45, 7) is 1.76. The fourth-order valence-electron chi connectivity index (χ4n) is 2.26. The van der Waals surface area contributed by atoms with E-state index in [2.05, 4.69) is 16.0 Å². The number of hydrogen-bond acceptors (Lipinski definition) is 3. The SMILES string of the molecule is CC(=O)Nc1ccc(NC(=O)CCCNC(=O)c2ccc(Cl)cc2)c(Cl)c1. The molecule has 3 amide bonds. The van der Waals surface area contributed by atoms with E-state index < -0.39 is 0 Å². The summed E-state index contributed by atoms with van der Waals surface area (Å²) in [4.78, 5) is 35.0. The highest BCUT2D eigenvalue weighted by atomic mass is 35.5. The molecule has 142 valence electrons. The maximum atomic E-state index is 12.0. The van der Waals surface area contributed by atoms with Crippen molar-refractivity contribution >= 4 is 52.3 Å². The van der Waals surface area contributed by atoms with Crippen LogP contribution >= 0.6 is 23.2 Å². The number of rotatable bonds is 7. The summed E-state index contributed by atoms with van der Waals surface area (Å²) in [6.07, 6.45) is 0.706. The number of carbonyl (C=O) groups excluding carboxylic acids is 3. The molecular formula is C19H19Cl2N3O3. The van der Waals surface area contributed by atoms with E-state index in [1.807, 2.05) is 0 Å². The predicted octanol–water partition coefficient (Wildman–Crippen LogP) is 4.10. The monoisotopic (exact) mass is 407 g/mol. The van der Waals surface area contributed by atoms with Crippen LogP contribution in [0.2, 0.25) is 10.0 Å². The Bertz CT molecular complexity index is 839. The predicted molar refractivity (Wildman–Crippen MR) is 107 cm³/mol. The molecule has 0 bridgehead atoms. The van der Waals surface area contributed by atoms with Crippen molar-refractivity contribution in [3.63, 3.8) is 0 Å². The highest BCUT2D eigenvalue weighted by molar-refractivity contribution is 6.34. The van der Waals surface area contributed by atoms with Gasteiger partial charge < -0.3 is 16.0 Å². The maximum absolute atomic E-state index is 12.0. The Balaban J connectivity index is 1.75. The number of benzene rings is 2. The molecule has 0 saturated heterocycles. The Kier molecular flexibility index (Phi) is 7.64. The van der Waals surface area contributed by atoms with Crippen LogP contribution in [0.4, 0.5) is 11.4 Å². The van der Waals surface area contributed by atoms with Crippen molar-refractivity contribution in [1.82, 2.24) is 5.32 Å². The van der Waals surface area contributed by atoms with Crippen LogP contribution in [0.5, 0.6) is 0 Å². The first-order valence-corrected chi connectivity index (χ1v) is 9.01. The van der Waals surface area contributed by atoms with Crippen LogP contribution in [0.15, 0.2) is 42.5 Å². The summed E-state index contributed by atoms with van der Waals surface area (Å²) in [5.41, 5.74) is 1.52. The smallest absolute Gasteiger partial charge is 0.251 e. The van der Waals surface area contributed by atoms with E-state index >= 15 is 0 Å². The summed E-state index contributed by atoms with van der Waals surface area (Å²) in [5.74, 6) is -0.642. The van der Waals surface area contributed by atoms with Crippen molar-refractivity contribution in [3.05, 3.63) is 58.1 Å². The number of carbonyl (C=O) groups is 3. The standard InChI is InChI=1S/C19H19Cl2N3O3/c1-12(25)23-15-8-9-17(16(21)11-15)24-18(26)3-2-10-22-19(27)13-4-6-14(20)7-5-13/h4-9,11H,2-3,10H2,1H3,(H,22,27)(H,23,25)(H,24,26). The second-order valence-corrected chi connectivity index (χ2v) is 6.63. The van der Waals surface area contributed by atoms with Gasteiger partial charge in [0.05, 0.1) is 10.7 Å². The van der Waals surface area contributed by atoms with Crippen LogP contribution < -0.4 is 16.0 Å². The molecule has 0 aromatic heterocycles. The highest BCUT2D eigenvalue weighted by Crippen LogP contribution is 2.25. The maximum Gasteiger partial charge on any atom is 0.251 e. The summed E-state index contributed by atoms with van der Waals surface area (Å²) >= 11 is 11.9. The Morgan fingerprint density at radius 3 is 2.30 bits per heavy atom. The quantitative estimate of drug-likeness (QED) is 0.603. The van der Waals surface area contributed by atoms with Crippen molar-refractivity contribution in [2.75, 3.05) is 17.2 Å². The molecule has 0 aliphatic heterocycles. The van der Waals surface area contributed by atoms with E-state index in [1.54, 1.807) is 42.5 Å². The first kappa shape index (κ1) is 20.7. The number of halogens is 2. The van der Waals surface area contributed by atoms with Gasteiger partial charge in [0.1, 0.15) is 0 Å². The van der Waals surface area contributed by atoms with Gasteiger partial charge in [-0.2, -0.15) is 0 Å². The Labute approximate surface area is 167 Å². The molecule has 3 N–H and O–H groups in total. The zero-order valence-electron chi connectivity index (χ0n) is 14.6. The summed E-state index contributed by atoms with van der Waals surface area (Å²) in [7, 11) is 0. The topological polar surface area (TPSA) is 87.3 Å². The van der Waals surface area contributed by atoms with Crippen LogP contribution in [0.1, 0.15) is 30.1 Å². The Morgan fingerprint density at radius 2 is 1.67 bits per heavy atom. The van der Waals surface area contributed by atoms with Crippen LogP contribution in [0.25, 0.3) is 0 Å².